The lowest BCUT2D eigenvalue weighted by Crippen LogP contribution is -2.45. The fraction of sp³-hybridized carbons (Fsp3) is 0.414. The van der Waals surface area contributed by atoms with Gasteiger partial charge in [0.05, 0.1) is 20.8 Å². The van der Waals surface area contributed by atoms with Crippen LogP contribution < -0.4 is 10.2 Å². The van der Waals surface area contributed by atoms with Crippen LogP contribution in [0.4, 0.5) is 11.6 Å². The molecule has 0 amide bonds. The summed E-state index contributed by atoms with van der Waals surface area (Å²) >= 11 is 2.37. The van der Waals surface area contributed by atoms with Gasteiger partial charge in [-0.3, -0.25) is 4.57 Å². The maximum absolute atomic E-state index is 5.28. The van der Waals surface area contributed by atoms with Crippen molar-refractivity contribution in [1.29, 1.82) is 0 Å². The van der Waals surface area contributed by atoms with E-state index >= 15 is 0 Å². The van der Waals surface area contributed by atoms with Crippen LogP contribution in [0.3, 0.4) is 0 Å². The number of para-hydroxylation sites is 1. The minimum atomic E-state index is 0.0644. The Hall–Kier alpha value is -2.72. The number of likely N-dealkylation sites (N-methyl/N-ethyl adjacent to an activating group) is 1. The molecule has 1 saturated heterocycles. The van der Waals surface area contributed by atoms with Crippen LogP contribution in [-0.2, 0) is 0 Å². The van der Waals surface area contributed by atoms with E-state index in [4.69, 9.17) is 15.0 Å². The molecule has 0 bridgehead atoms. The van der Waals surface area contributed by atoms with Gasteiger partial charge in [0, 0.05) is 48.5 Å². The number of pyridine rings is 1. The summed E-state index contributed by atoms with van der Waals surface area (Å²) in [5, 5.41) is 5.00. The SMILES string of the molecule is CCC(Nc1nc(-n2c(C)ccc2C)nc(C)c1I)c1cc2cccc(C)c2nc1N1CCN(C)CC1. The van der Waals surface area contributed by atoms with Crippen LogP contribution in [-0.4, -0.2) is 57.6 Å². The maximum Gasteiger partial charge on any atom is 0.236 e. The van der Waals surface area contributed by atoms with Gasteiger partial charge >= 0.3 is 0 Å². The van der Waals surface area contributed by atoms with E-state index < -0.39 is 0 Å². The number of piperazine rings is 1. The van der Waals surface area contributed by atoms with Crippen molar-refractivity contribution < 1.29 is 0 Å². The van der Waals surface area contributed by atoms with Crippen LogP contribution in [0, 0.1) is 31.3 Å². The lowest BCUT2D eigenvalue weighted by molar-refractivity contribution is 0.311. The summed E-state index contributed by atoms with van der Waals surface area (Å²) in [6.45, 7) is 14.7. The number of rotatable bonds is 6. The number of halogens is 1. The minimum Gasteiger partial charge on any atom is -0.362 e. The highest BCUT2D eigenvalue weighted by molar-refractivity contribution is 14.1. The predicted octanol–water partition coefficient (Wildman–Crippen LogP) is 5.97. The van der Waals surface area contributed by atoms with E-state index in [1.807, 2.05) is 0 Å². The van der Waals surface area contributed by atoms with E-state index in [2.05, 4.69) is 120 Å². The zero-order valence-electron chi connectivity index (χ0n) is 22.6. The van der Waals surface area contributed by atoms with Crippen molar-refractivity contribution in [3.05, 3.63) is 68.2 Å². The second-order valence-corrected chi connectivity index (χ2v) is 11.2. The molecule has 1 N–H and O–H groups in total. The molecular weight excluding hydrogens is 573 g/mol. The molecule has 1 atom stereocenters. The fourth-order valence-electron chi connectivity index (χ4n) is 5.17. The Kier molecular flexibility index (Phi) is 7.40. The summed E-state index contributed by atoms with van der Waals surface area (Å²) in [7, 11) is 2.19. The number of hydrogen-bond donors (Lipinski definition) is 1. The lowest BCUT2D eigenvalue weighted by atomic mass is 10.0. The second kappa shape index (κ2) is 10.6. The number of fused-ring (bicyclic) bond motifs is 1. The Morgan fingerprint density at radius 2 is 1.65 bits per heavy atom. The van der Waals surface area contributed by atoms with Crippen molar-refractivity contribution in [2.24, 2.45) is 0 Å². The van der Waals surface area contributed by atoms with Crippen molar-refractivity contribution in [2.45, 2.75) is 47.1 Å². The number of nitrogens with zero attached hydrogens (tertiary/aromatic N) is 6. The lowest BCUT2D eigenvalue weighted by Gasteiger charge is -2.35. The van der Waals surface area contributed by atoms with E-state index in [9.17, 15) is 0 Å². The van der Waals surface area contributed by atoms with Crippen molar-refractivity contribution in [1.82, 2.24) is 24.4 Å². The molecule has 0 saturated carbocycles. The molecule has 4 heterocycles. The third-order valence-corrected chi connectivity index (χ3v) is 8.72. The molecule has 1 aliphatic rings. The van der Waals surface area contributed by atoms with Crippen LogP contribution in [0.15, 0.2) is 36.4 Å². The summed E-state index contributed by atoms with van der Waals surface area (Å²) in [4.78, 5) is 20.0. The van der Waals surface area contributed by atoms with Gasteiger partial charge in [-0.2, -0.15) is 4.98 Å². The monoisotopic (exact) mass is 609 g/mol. The maximum atomic E-state index is 5.28. The number of anilines is 2. The number of hydrogen-bond acceptors (Lipinski definition) is 6. The third kappa shape index (κ3) is 5.05. The highest BCUT2D eigenvalue weighted by Gasteiger charge is 2.25. The summed E-state index contributed by atoms with van der Waals surface area (Å²) in [6.07, 6.45) is 0.912. The zero-order chi connectivity index (χ0) is 26.3. The van der Waals surface area contributed by atoms with Crippen LogP contribution in [0.25, 0.3) is 16.9 Å². The molecule has 7 nitrogen and oxygen atoms in total. The molecule has 37 heavy (non-hydrogen) atoms. The van der Waals surface area contributed by atoms with Crippen molar-refractivity contribution >= 4 is 45.1 Å². The molecule has 194 valence electrons. The normalized spacial score (nSPS) is 15.4. The Morgan fingerprint density at radius 3 is 2.32 bits per heavy atom. The van der Waals surface area contributed by atoms with Crippen LogP contribution in [0.1, 0.15) is 47.6 Å². The Balaban J connectivity index is 1.60. The van der Waals surface area contributed by atoms with E-state index in [0.717, 1.165) is 70.4 Å². The van der Waals surface area contributed by atoms with Crippen LogP contribution >= 0.6 is 22.6 Å². The first kappa shape index (κ1) is 25.9. The molecule has 0 spiro atoms. The van der Waals surface area contributed by atoms with Gasteiger partial charge in [-0.05, 0) is 87.5 Å². The average Bonchev–Trinajstić information content (AvgIpc) is 3.22. The Labute approximate surface area is 233 Å². The van der Waals surface area contributed by atoms with E-state index in [1.165, 1.54) is 16.5 Å². The molecule has 3 aromatic heterocycles. The quantitative estimate of drug-likeness (QED) is 0.272. The summed E-state index contributed by atoms with van der Waals surface area (Å²) in [5.41, 5.74) is 6.76. The molecule has 1 aliphatic heterocycles. The van der Waals surface area contributed by atoms with Gasteiger partial charge in [-0.25, -0.2) is 9.97 Å². The molecule has 8 heteroatoms. The summed E-state index contributed by atoms with van der Waals surface area (Å²) < 4.78 is 3.17. The fourth-order valence-corrected chi connectivity index (χ4v) is 5.57. The highest BCUT2D eigenvalue weighted by atomic mass is 127. The van der Waals surface area contributed by atoms with Crippen LogP contribution in [0.2, 0.25) is 0 Å². The summed E-state index contributed by atoms with van der Waals surface area (Å²) in [6, 6.07) is 13.1. The number of aryl methyl sites for hydroxylation is 4. The van der Waals surface area contributed by atoms with E-state index in [1.54, 1.807) is 0 Å². The van der Waals surface area contributed by atoms with Gasteiger partial charge in [0.2, 0.25) is 5.95 Å². The third-order valence-electron chi connectivity index (χ3n) is 7.43. The largest absolute Gasteiger partial charge is 0.362 e. The minimum absolute atomic E-state index is 0.0644. The Morgan fingerprint density at radius 1 is 0.946 bits per heavy atom. The molecule has 4 aromatic rings. The molecular formula is C29H36IN7. The molecule has 0 aliphatic carbocycles. The van der Waals surface area contributed by atoms with Gasteiger partial charge in [0.1, 0.15) is 11.6 Å². The number of nitrogens with one attached hydrogen (secondary N) is 1. The molecule has 0 radical (unpaired) electrons. The van der Waals surface area contributed by atoms with E-state index in [0.29, 0.717) is 5.95 Å². The van der Waals surface area contributed by atoms with Crippen molar-refractivity contribution in [2.75, 3.05) is 43.4 Å². The first-order valence-electron chi connectivity index (χ1n) is 13.1. The van der Waals surface area contributed by atoms with Crippen LogP contribution in [0.5, 0.6) is 0 Å². The molecule has 1 unspecified atom stereocenters. The van der Waals surface area contributed by atoms with Crippen molar-refractivity contribution in [3.63, 3.8) is 0 Å². The van der Waals surface area contributed by atoms with Gasteiger partial charge in [-0.1, -0.05) is 25.1 Å². The zero-order valence-corrected chi connectivity index (χ0v) is 24.8. The van der Waals surface area contributed by atoms with Gasteiger partial charge in [0.15, 0.2) is 0 Å². The first-order chi connectivity index (χ1) is 17.8. The molecule has 1 aromatic carbocycles. The molecule has 1 fully saturated rings. The van der Waals surface area contributed by atoms with E-state index in [-0.39, 0.29) is 6.04 Å². The summed E-state index contributed by atoms with van der Waals surface area (Å²) in [5.74, 6) is 2.67. The van der Waals surface area contributed by atoms with Gasteiger partial charge in [0.25, 0.3) is 0 Å². The standard InChI is InChI=1S/C29H36IN7/c1-7-24(32-27-25(30)21(5)31-29(34-27)37-19(3)11-12-20(37)4)23-17-22-10-8-9-18(2)26(22)33-28(23)36-15-13-35(6)14-16-36/h8-12,17,24H,7,13-16H2,1-6H3,(H,31,32,34). The molecule has 5 rings (SSSR count). The topological polar surface area (TPSA) is 62.1 Å². The average molecular weight is 610 g/mol. The van der Waals surface area contributed by atoms with Crippen molar-refractivity contribution in [3.8, 4) is 5.95 Å². The van der Waals surface area contributed by atoms with Gasteiger partial charge < -0.3 is 15.1 Å². The first-order valence-corrected chi connectivity index (χ1v) is 14.1. The number of benzene rings is 1. The highest BCUT2D eigenvalue weighted by Crippen LogP contribution is 2.35. The Bertz CT molecular complexity index is 1420. The smallest absolute Gasteiger partial charge is 0.236 e. The predicted molar refractivity (Wildman–Crippen MR) is 161 cm³/mol. The second-order valence-electron chi connectivity index (χ2n) is 10.2. The van der Waals surface area contributed by atoms with Gasteiger partial charge in [-0.15, -0.1) is 0 Å². The number of aromatic nitrogens is 4.